The monoisotopic (exact) mass is 276 g/mol. The van der Waals surface area contributed by atoms with Gasteiger partial charge in [0, 0.05) is 5.39 Å². The first-order chi connectivity index (χ1) is 9.35. The Balaban J connectivity index is 1.96. The van der Waals surface area contributed by atoms with Crippen molar-refractivity contribution in [1.82, 2.24) is 10.2 Å². The first-order valence-corrected chi connectivity index (χ1v) is 6.17. The number of hydrogen-bond acceptors (Lipinski definition) is 5. The third kappa shape index (κ3) is 3.57. The molecule has 1 heterocycles. The molecule has 0 saturated carbocycles. The number of hydrogen-bond donors (Lipinski definition) is 1. The largest absolute Gasteiger partial charge is 0.457 e. The lowest BCUT2D eigenvalue weighted by molar-refractivity contribution is -0.158. The van der Waals surface area contributed by atoms with Crippen LogP contribution in [0.4, 0.5) is 0 Å². The molecule has 6 nitrogen and oxygen atoms in total. The molecule has 0 fully saturated rings. The summed E-state index contributed by atoms with van der Waals surface area (Å²) >= 11 is 0. The van der Waals surface area contributed by atoms with Gasteiger partial charge in [-0.1, -0.05) is 6.07 Å². The zero-order chi connectivity index (χ0) is 14.8. The number of aromatic amines is 1. The number of carbonyl (C=O) groups is 2. The average molecular weight is 276 g/mol. The molecule has 1 aromatic carbocycles. The number of benzene rings is 1. The molecule has 6 heteroatoms. The van der Waals surface area contributed by atoms with Crippen molar-refractivity contribution in [3.8, 4) is 0 Å². The van der Waals surface area contributed by atoms with Gasteiger partial charge in [-0.3, -0.25) is 5.10 Å². The van der Waals surface area contributed by atoms with Crippen LogP contribution in [0.25, 0.3) is 10.9 Å². The predicted molar refractivity (Wildman–Crippen MR) is 72.2 cm³/mol. The van der Waals surface area contributed by atoms with E-state index in [0.717, 1.165) is 10.9 Å². The lowest BCUT2D eigenvalue weighted by Crippen LogP contribution is -2.27. The molecule has 0 aliphatic heterocycles. The molecule has 1 aromatic heterocycles. The second-order valence-corrected chi connectivity index (χ2v) is 5.33. The van der Waals surface area contributed by atoms with E-state index in [1.54, 1.807) is 45.2 Å². The Bertz CT molecular complexity index is 640. The average Bonchev–Trinajstić information content (AvgIpc) is 2.80. The fourth-order valence-electron chi connectivity index (χ4n) is 1.64. The maximum absolute atomic E-state index is 11.8. The van der Waals surface area contributed by atoms with Crippen LogP contribution in [0, 0.1) is 0 Å². The van der Waals surface area contributed by atoms with Crippen LogP contribution in [0.5, 0.6) is 0 Å². The predicted octanol–water partition coefficient (Wildman–Crippen LogP) is 2.06. The number of esters is 2. The standard InChI is InChI=1S/C14H16N2O4/c1-14(2,3)20-12(17)8-19-13(18)9-4-5-10-7-15-16-11(10)6-9/h4-7H,8H2,1-3H3,(H,15,16). The number of nitrogens with zero attached hydrogens (tertiary/aromatic N) is 1. The third-order valence-electron chi connectivity index (χ3n) is 2.42. The molecule has 106 valence electrons. The van der Waals surface area contributed by atoms with E-state index in [2.05, 4.69) is 10.2 Å². The summed E-state index contributed by atoms with van der Waals surface area (Å²) in [5.41, 5.74) is 0.486. The van der Waals surface area contributed by atoms with Gasteiger partial charge >= 0.3 is 11.9 Å². The van der Waals surface area contributed by atoms with Crippen LogP contribution in [0.2, 0.25) is 0 Å². The minimum absolute atomic E-state index is 0.352. The molecule has 0 amide bonds. The SMILES string of the molecule is CC(C)(C)OC(=O)COC(=O)c1ccc2cn[nH]c2c1. The molecule has 0 saturated heterocycles. The van der Waals surface area contributed by atoms with Gasteiger partial charge in [-0.15, -0.1) is 0 Å². The Morgan fingerprint density at radius 1 is 1.30 bits per heavy atom. The maximum Gasteiger partial charge on any atom is 0.344 e. The molecule has 0 aliphatic carbocycles. The van der Waals surface area contributed by atoms with Crippen molar-refractivity contribution >= 4 is 22.8 Å². The van der Waals surface area contributed by atoms with Gasteiger partial charge < -0.3 is 9.47 Å². The van der Waals surface area contributed by atoms with Crippen LogP contribution < -0.4 is 0 Å². The van der Waals surface area contributed by atoms with Gasteiger partial charge in [-0.05, 0) is 32.9 Å². The molecule has 20 heavy (non-hydrogen) atoms. The number of H-pyrrole nitrogens is 1. The van der Waals surface area contributed by atoms with Gasteiger partial charge in [0.2, 0.25) is 0 Å². The number of fused-ring (bicyclic) bond motifs is 1. The van der Waals surface area contributed by atoms with E-state index in [1.807, 2.05) is 0 Å². The van der Waals surface area contributed by atoms with Gasteiger partial charge in [0.05, 0.1) is 17.3 Å². The van der Waals surface area contributed by atoms with Crippen LogP contribution in [-0.2, 0) is 14.3 Å². The molecule has 0 bridgehead atoms. The third-order valence-corrected chi connectivity index (χ3v) is 2.42. The second-order valence-electron chi connectivity index (χ2n) is 5.33. The smallest absolute Gasteiger partial charge is 0.344 e. The molecule has 2 rings (SSSR count). The van der Waals surface area contributed by atoms with Crippen molar-refractivity contribution in [2.24, 2.45) is 0 Å². The highest BCUT2D eigenvalue weighted by molar-refractivity contribution is 5.94. The molecule has 0 radical (unpaired) electrons. The molecule has 0 atom stereocenters. The summed E-state index contributed by atoms with van der Waals surface area (Å²) in [5, 5.41) is 7.52. The number of ether oxygens (including phenoxy) is 2. The topological polar surface area (TPSA) is 81.3 Å². The van der Waals surface area contributed by atoms with Crippen molar-refractivity contribution in [3.05, 3.63) is 30.0 Å². The van der Waals surface area contributed by atoms with Crippen molar-refractivity contribution in [2.75, 3.05) is 6.61 Å². The van der Waals surface area contributed by atoms with Crippen molar-refractivity contribution in [2.45, 2.75) is 26.4 Å². The maximum atomic E-state index is 11.8. The van der Waals surface area contributed by atoms with Gasteiger partial charge in [-0.2, -0.15) is 5.10 Å². The molecule has 1 N–H and O–H groups in total. The summed E-state index contributed by atoms with van der Waals surface area (Å²) in [6, 6.07) is 5.00. The highest BCUT2D eigenvalue weighted by Gasteiger charge is 2.18. The van der Waals surface area contributed by atoms with Gasteiger partial charge in [0.15, 0.2) is 6.61 Å². The van der Waals surface area contributed by atoms with Gasteiger partial charge in [0.1, 0.15) is 5.60 Å². The molecule has 0 aliphatic rings. The Morgan fingerprint density at radius 3 is 2.75 bits per heavy atom. The summed E-state index contributed by atoms with van der Waals surface area (Å²) in [7, 11) is 0. The van der Waals surface area contributed by atoms with Crippen LogP contribution in [0.1, 0.15) is 31.1 Å². The van der Waals surface area contributed by atoms with Crippen LogP contribution >= 0.6 is 0 Å². The van der Waals surface area contributed by atoms with E-state index in [0.29, 0.717) is 5.56 Å². The first-order valence-electron chi connectivity index (χ1n) is 6.17. The van der Waals surface area contributed by atoms with E-state index in [1.165, 1.54) is 0 Å². The van der Waals surface area contributed by atoms with Crippen molar-refractivity contribution in [1.29, 1.82) is 0 Å². The van der Waals surface area contributed by atoms with E-state index in [9.17, 15) is 9.59 Å². The lowest BCUT2D eigenvalue weighted by atomic mass is 10.2. The summed E-state index contributed by atoms with van der Waals surface area (Å²) in [5.74, 6) is -1.15. The first kappa shape index (κ1) is 14.0. The molecular formula is C14H16N2O4. The van der Waals surface area contributed by atoms with Gasteiger partial charge in [0.25, 0.3) is 0 Å². The summed E-state index contributed by atoms with van der Waals surface area (Å²) in [4.78, 5) is 23.3. The molecule has 0 unspecified atom stereocenters. The Morgan fingerprint density at radius 2 is 2.05 bits per heavy atom. The quantitative estimate of drug-likeness (QED) is 0.868. The highest BCUT2D eigenvalue weighted by Crippen LogP contribution is 2.14. The highest BCUT2D eigenvalue weighted by atomic mass is 16.6. The van der Waals surface area contributed by atoms with E-state index < -0.39 is 24.1 Å². The van der Waals surface area contributed by atoms with E-state index >= 15 is 0 Å². The lowest BCUT2D eigenvalue weighted by Gasteiger charge is -2.19. The normalized spacial score (nSPS) is 11.3. The van der Waals surface area contributed by atoms with E-state index in [4.69, 9.17) is 9.47 Å². The van der Waals surface area contributed by atoms with Crippen molar-refractivity contribution in [3.63, 3.8) is 0 Å². The number of nitrogens with one attached hydrogen (secondary N) is 1. The number of carbonyl (C=O) groups excluding carboxylic acids is 2. The Labute approximate surface area is 116 Å². The van der Waals surface area contributed by atoms with Crippen LogP contribution in [0.3, 0.4) is 0 Å². The van der Waals surface area contributed by atoms with Crippen LogP contribution in [0.15, 0.2) is 24.4 Å². The fourth-order valence-corrected chi connectivity index (χ4v) is 1.64. The molecule has 0 spiro atoms. The van der Waals surface area contributed by atoms with Crippen LogP contribution in [-0.4, -0.2) is 34.3 Å². The Kier molecular flexibility index (Phi) is 3.74. The molecular weight excluding hydrogens is 260 g/mol. The number of aromatic nitrogens is 2. The zero-order valence-corrected chi connectivity index (χ0v) is 11.6. The Hall–Kier alpha value is -2.37. The summed E-state index contributed by atoms with van der Waals surface area (Å²) < 4.78 is 9.96. The van der Waals surface area contributed by atoms with E-state index in [-0.39, 0.29) is 0 Å². The second kappa shape index (κ2) is 5.32. The van der Waals surface area contributed by atoms with Gasteiger partial charge in [-0.25, -0.2) is 9.59 Å². The minimum atomic E-state index is -0.599. The number of rotatable bonds is 3. The molecule has 2 aromatic rings. The zero-order valence-electron chi connectivity index (χ0n) is 11.6. The summed E-state index contributed by atoms with van der Waals surface area (Å²) in [6.07, 6.45) is 1.66. The fraction of sp³-hybridized carbons (Fsp3) is 0.357. The van der Waals surface area contributed by atoms with Crippen molar-refractivity contribution < 1.29 is 19.1 Å². The minimum Gasteiger partial charge on any atom is -0.457 e. The summed E-state index contributed by atoms with van der Waals surface area (Å²) in [6.45, 7) is 4.84.